The Hall–Kier alpha value is -3.50. The Morgan fingerprint density at radius 1 is 0.972 bits per heavy atom. The van der Waals surface area contributed by atoms with Crippen LogP contribution in [-0.4, -0.2) is 51.5 Å². The molecule has 1 aromatic carbocycles. The van der Waals surface area contributed by atoms with Gasteiger partial charge in [-0.2, -0.15) is 0 Å². The number of aromatic amines is 1. The topological polar surface area (TPSA) is 139 Å². The number of amides is 3. The van der Waals surface area contributed by atoms with E-state index in [1.165, 1.54) is 7.05 Å². The lowest BCUT2D eigenvalue weighted by molar-refractivity contribution is -0.121. The fourth-order valence-corrected chi connectivity index (χ4v) is 4.28. The third-order valence-electron chi connectivity index (χ3n) is 6.40. The lowest BCUT2D eigenvalue weighted by Gasteiger charge is -2.13. The van der Waals surface area contributed by atoms with Crippen LogP contribution in [0.5, 0.6) is 5.75 Å². The number of hydrogen-bond donors (Lipinski definition) is 4. The van der Waals surface area contributed by atoms with Gasteiger partial charge in [0.05, 0.1) is 18.3 Å². The van der Waals surface area contributed by atoms with Gasteiger partial charge in [-0.1, -0.05) is 25.7 Å². The van der Waals surface area contributed by atoms with Gasteiger partial charge < -0.3 is 20.7 Å². The molecule has 0 spiro atoms. The molecular weight excluding hydrogens is 464 g/mol. The molecule has 11 heteroatoms. The number of benzene rings is 1. The first-order chi connectivity index (χ1) is 17.3. The lowest BCUT2D eigenvalue weighted by atomic mass is 10.0. The Kier molecular flexibility index (Phi) is 10.2. The molecule has 0 unspecified atom stereocenters. The molecule has 0 aliphatic carbocycles. The number of carbonyl (C=O) groups is 2. The number of H-pyrrole nitrogens is 1. The molecule has 1 aliphatic rings. The highest BCUT2D eigenvalue weighted by Crippen LogP contribution is 2.14. The molecule has 2 aromatic rings. The van der Waals surface area contributed by atoms with Crippen molar-refractivity contribution in [2.75, 3.05) is 13.2 Å². The first kappa shape index (κ1) is 27.1. The zero-order valence-corrected chi connectivity index (χ0v) is 21.2. The third kappa shape index (κ3) is 8.03. The second-order valence-electron chi connectivity index (χ2n) is 9.31. The number of urea groups is 1. The highest BCUT2D eigenvalue weighted by molar-refractivity contribution is 5.77. The Morgan fingerprint density at radius 2 is 1.69 bits per heavy atom. The summed E-state index contributed by atoms with van der Waals surface area (Å²) in [6.07, 6.45) is 8.20. The summed E-state index contributed by atoms with van der Waals surface area (Å²) in [4.78, 5) is 47.1. The summed E-state index contributed by atoms with van der Waals surface area (Å²) in [5.74, 6) is 0.788. The molecule has 2 atom stereocenters. The molecule has 198 valence electrons. The van der Waals surface area contributed by atoms with E-state index in [0.717, 1.165) is 60.6 Å². The van der Waals surface area contributed by atoms with E-state index in [1.807, 2.05) is 6.92 Å². The first-order valence-electron chi connectivity index (χ1n) is 12.8. The lowest BCUT2D eigenvalue weighted by Crippen LogP contribution is -2.30. The highest BCUT2D eigenvalue weighted by Gasteiger charge is 2.26. The normalized spacial score (nSPS) is 17.0. The van der Waals surface area contributed by atoms with E-state index in [2.05, 4.69) is 21.0 Å². The van der Waals surface area contributed by atoms with Gasteiger partial charge in [0.15, 0.2) is 0 Å². The van der Waals surface area contributed by atoms with Crippen molar-refractivity contribution in [3.8, 4) is 11.4 Å². The molecule has 4 N–H and O–H groups in total. The minimum atomic E-state index is -0.480. The Morgan fingerprint density at radius 3 is 2.36 bits per heavy atom. The standard InChI is InChI=1S/C25H38N6O5/c1-18-21(28-23(33)27-18)10-6-5-7-11-22(32)26-16-8-3-4-9-17-36-20-14-12-19(13-15-20)31-24(34)29-30(2)25(31)35/h12-15,18,21H,3-11,16-17H2,1-2H3,(H,26,32)(H,29,34)(H2,27,28,33)/t18-,21+/m0/s1. The predicted octanol–water partition coefficient (Wildman–Crippen LogP) is 1.94. The maximum absolute atomic E-state index is 12.0. The van der Waals surface area contributed by atoms with Gasteiger partial charge in [0.1, 0.15) is 5.75 Å². The van der Waals surface area contributed by atoms with Crippen molar-refractivity contribution < 1.29 is 14.3 Å². The second kappa shape index (κ2) is 13.6. The zero-order valence-electron chi connectivity index (χ0n) is 21.2. The molecule has 36 heavy (non-hydrogen) atoms. The fraction of sp³-hybridized carbons (Fsp3) is 0.600. The summed E-state index contributed by atoms with van der Waals surface area (Å²) in [5.41, 5.74) is -0.418. The summed E-state index contributed by atoms with van der Waals surface area (Å²) in [7, 11) is 1.49. The molecule has 1 saturated heterocycles. The van der Waals surface area contributed by atoms with Gasteiger partial charge >= 0.3 is 17.4 Å². The van der Waals surface area contributed by atoms with Crippen molar-refractivity contribution in [1.29, 1.82) is 0 Å². The SMILES string of the molecule is C[C@@H]1NC(=O)N[C@@H]1CCCCCC(=O)NCCCCCCOc1ccc(-n2c(=O)[nH]n(C)c2=O)cc1. The predicted molar refractivity (Wildman–Crippen MR) is 137 cm³/mol. The maximum Gasteiger partial charge on any atom is 0.351 e. The molecule has 2 heterocycles. The molecule has 3 amide bonds. The van der Waals surface area contributed by atoms with Gasteiger partial charge in [-0.05, 0) is 56.9 Å². The average Bonchev–Trinajstić information content (AvgIpc) is 3.30. The number of ether oxygens (including phenoxy) is 1. The smallest absolute Gasteiger partial charge is 0.351 e. The minimum absolute atomic E-state index is 0.0899. The van der Waals surface area contributed by atoms with Gasteiger partial charge in [-0.3, -0.25) is 4.79 Å². The molecule has 1 fully saturated rings. The van der Waals surface area contributed by atoms with E-state index >= 15 is 0 Å². The summed E-state index contributed by atoms with van der Waals surface area (Å²) >= 11 is 0. The molecule has 1 aliphatic heterocycles. The number of nitrogens with one attached hydrogen (secondary N) is 4. The van der Waals surface area contributed by atoms with Gasteiger partial charge in [-0.25, -0.2) is 28.7 Å². The van der Waals surface area contributed by atoms with Crippen LogP contribution in [0.2, 0.25) is 0 Å². The largest absolute Gasteiger partial charge is 0.494 e. The number of rotatable bonds is 15. The number of carbonyl (C=O) groups excluding carboxylic acids is 2. The Labute approximate surface area is 210 Å². The quantitative estimate of drug-likeness (QED) is 0.276. The zero-order chi connectivity index (χ0) is 25.9. The summed E-state index contributed by atoms with van der Waals surface area (Å²) < 4.78 is 7.95. The van der Waals surface area contributed by atoms with E-state index < -0.39 is 11.4 Å². The van der Waals surface area contributed by atoms with Gasteiger partial charge in [0, 0.05) is 26.1 Å². The van der Waals surface area contributed by atoms with Crippen molar-refractivity contribution in [2.24, 2.45) is 7.05 Å². The van der Waals surface area contributed by atoms with Crippen molar-refractivity contribution in [1.82, 2.24) is 30.3 Å². The minimum Gasteiger partial charge on any atom is -0.494 e. The van der Waals surface area contributed by atoms with Crippen LogP contribution in [0.25, 0.3) is 5.69 Å². The van der Waals surface area contributed by atoms with Gasteiger partial charge in [0.25, 0.3) is 0 Å². The number of aromatic nitrogens is 3. The molecule has 1 aromatic heterocycles. The first-order valence-corrected chi connectivity index (χ1v) is 12.8. The van der Waals surface area contributed by atoms with E-state index in [4.69, 9.17) is 4.74 Å². The van der Waals surface area contributed by atoms with Crippen LogP contribution >= 0.6 is 0 Å². The van der Waals surface area contributed by atoms with Crippen LogP contribution in [-0.2, 0) is 11.8 Å². The Balaban J connectivity index is 1.17. The fourth-order valence-electron chi connectivity index (χ4n) is 4.28. The molecule has 11 nitrogen and oxygen atoms in total. The second-order valence-corrected chi connectivity index (χ2v) is 9.31. The van der Waals surface area contributed by atoms with Crippen molar-refractivity contribution in [3.05, 3.63) is 45.2 Å². The maximum atomic E-state index is 12.0. The van der Waals surface area contributed by atoms with Crippen molar-refractivity contribution >= 4 is 11.9 Å². The van der Waals surface area contributed by atoms with Crippen LogP contribution in [0.4, 0.5) is 4.79 Å². The van der Waals surface area contributed by atoms with Crippen LogP contribution in [0, 0.1) is 0 Å². The molecule has 0 bridgehead atoms. The molecule has 3 rings (SSSR count). The Bertz CT molecular complexity index is 1100. The molecule has 0 radical (unpaired) electrons. The van der Waals surface area contributed by atoms with Crippen LogP contribution < -0.4 is 32.1 Å². The van der Waals surface area contributed by atoms with Crippen LogP contribution in [0.1, 0.15) is 64.7 Å². The number of aryl methyl sites for hydroxylation is 1. The summed E-state index contributed by atoms with van der Waals surface area (Å²) in [6, 6.07) is 7.12. The molecular formula is C25H38N6O5. The van der Waals surface area contributed by atoms with Crippen LogP contribution in [0.3, 0.4) is 0 Å². The van der Waals surface area contributed by atoms with Crippen LogP contribution in [0.15, 0.2) is 33.9 Å². The number of nitrogens with zero attached hydrogens (tertiary/aromatic N) is 2. The van der Waals surface area contributed by atoms with E-state index in [1.54, 1.807) is 24.3 Å². The third-order valence-corrected chi connectivity index (χ3v) is 6.40. The molecule has 0 saturated carbocycles. The number of hydrogen-bond acceptors (Lipinski definition) is 5. The summed E-state index contributed by atoms with van der Waals surface area (Å²) in [5, 5.41) is 11.2. The van der Waals surface area contributed by atoms with Gasteiger partial charge in [0.2, 0.25) is 5.91 Å². The van der Waals surface area contributed by atoms with E-state index in [9.17, 15) is 19.2 Å². The highest BCUT2D eigenvalue weighted by atomic mass is 16.5. The van der Waals surface area contributed by atoms with Crippen molar-refractivity contribution in [2.45, 2.75) is 76.8 Å². The van der Waals surface area contributed by atoms with E-state index in [-0.39, 0.29) is 24.0 Å². The van der Waals surface area contributed by atoms with Crippen molar-refractivity contribution in [3.63, 3.8) is 0 Å². The average molecular weight is 503 g/mol. The van der Waals surface area contributed by atoms with E-state index in [0.29, 0.717) is 31.0 Å². The number of unbranched alkanes of at least 4 members (excludes halogenated alkanes) is 5. The summed E-state index contributed by atoms with van der Waals surface area (Å²) in [6.45, 7) is 3.28. The van der Waals surface area contributed by atoms with Gasteiger partial charge in [-0.15, -0.1) is 0 Å². The monoisotopic (exact) mass is 502 g/mol.